The van der Waals surface area contributed by atoms with Crippen molar-refractivity contribution in [2.45, 2.75) is 25.8 Å². The Morgan fingerprint density at radius 3 is 2.90 bits per heavy atom. The lowest BCUT2D eigenvalue weighted by atomic mass is 10.1. The Morgan fingerprint density at radius 2 is 2.29 bits per heavy atom. The molecule has 1 unspecified atom stereocenters. The molecule has 21 heavy (non-hydrogen) atoms. The van der Waals surface area contributed by atoms with E-state index in [1.807, 2.05) is 19.1 Å². The van der Waals surface area contributed by atoms with E-state index >= 15 is 0 Å². The van der Waals surface area contributed by atoms with Gasteiger partial charge in [0, 0.05) is 12.6 Å². The van der Waals surface area contributed by atoms with E-state index in [0.717, 1.165) is 5.69 Å². The molecule has 110 valence electrons. The molecule has 2 aromatic rings. The number of aryl methyl sites for hydroxylation is 1. The lowest BCUT2D eigenvalue weighted by Crippen LogP contribution is -2.38. The van der Waals surface area contributed by atoms with E-state index in [9.17, 15) is 4.79 Å². The van der Waals surface area contributed by atoms with E-state index in [1.165, 1.54) is 12.8 Å². The lowest BCUT2D eigenvalue weighted by Gasteiger charge is -2.12. The maximum atomic E-state index is 12.2. The number of rotatable bonds is 5. The fraction of sp³-hybridized carbons (Fsp3) is 0.375. The van der Waals surface area contributed by atoms with E-state index in [-0.39, 0.29) is 11.9 Å². The van der Waals surface area contributed by atoms with Crippen LogP contribution in [0.5, 0.6) is 0 Å². The van der Waals surface area contributed by atoms with Crippen LogP contribution >= 0.6 is 0 Å². The van der Waals surface area contributed by atoms with Crippen LogP contribution in [-0.2, 0) is 0 Å². The molecular formula is C16H19N3O2. The number of aromatic nitrogens is 1. The van der Waals surface area contributed by atoms with Crippen LogP contribution in [0.25, 0.3) is 11.5 Å². The molecule has 1 fully saturated rings. The van der Waals surface area contributed by atoms with Gasteiger partial charge in [-0.2, -0.15) is 0 Å². The smallest absolute Gasteiger partial charge is 0.253 e. The summed E-state index contributed by atoms with van der Waals surface area (Å²) < 4.78 is 5.31. The number of hydrogen-bond acceptors (Lipinski definition) is 4. The maximum Gasteiger partial charge on any atom is 0.253 e. The minimum absolute atomic E-state index is 0.0598. The molecule has 1 aliphatic carbocycles. The Hall–Kier alpha value is -2.14. The third-order valence-electron chi connectivity index (χ3n) is 3.83. The van der Waals surface area contributed by atoms with Crippen LogP contribution < -0.4 is 11.1 Å². The number of nitrogens with two attached hydrogens (primary N) is 1. The largest absolute Gasteiger partial charge is 0.463 e. The molecule has 0 aliphatic heterocycles. The standard InChI is InChI=1S/C16H19N3O2/c1-10-12(16(20)18-9-13(17)11-4-5-11)6-7-14(19-10)15-3-2-8-21-15/h2-3,6-8,11,13H,4-5,9,17H2,1H3,(H,18,20). The van der Waals surface area contributed by atoms with E-state index < -0.39 is 0 Å². The van der Waals surface area contributed by atoms with Crippen molar-refractivity contribution in [1.82, 2.24) is 10.3 Å². The number of hydrogen-bond donors (Lipinski definition) is 2. The summed E-state index contributed by atoms with van der Waals surface area (Å²) in [5.74, 6) is 1.15. The van der Waals surface area contributed by atoms with Crippen molar-refractivity contribution in [3.8, 4) is 11.5 Å². The Morgan fingerprint density at radius 1 is 1.48 bits per heavy atom. The Bertz CT molecular complexity index is 633. The van der Waals surface area contributed by atoms with Crippen molar-refractivity contribution in [2.75, 3.05) is 6.54 Å². The minimum atomic E-state index is -0.123. The molecule has 3 N–H and O–H groups in total. The van der Waals surface area contributed by atoms with E-state index in [1.54, 1.807) is 18.4 Å². The first kappa shape index (κ1) is 13.8. The Balaban J connectivity index is 1.68. The highest BCUT2D eigenvalue weighted by molar-refractivity contribution is 5.95. The highest BCUT2D eigenvalue weighted by Crippen LogP contribution is 2.31. The quantitative estimate of drug-likeness (QED) is 0.881. The van der Waals surface area contributed by atoms with Crippen LogP contribution in [0.3, 0.4) is 0 Å². The number of furan rings is 1. The summed E-state index contributed by atoms with van der Waals surface area (Å²) in [6.45, 7) is 2.34. The molecular weight excluding hydrogens is 266 g/mol. The summed E-state index contributed by atoms with van der Waals surface area (Å²) >= 11 is 0. The average Bonchev–Trinajstić information content (AvgIpc) is 3.19. The van der Waals surface area contributed by atoms with Gasteiger partial charge in [-0.25, -0.2) is 4.98 Å². The van der Waals surface area contributed by atoms with Crippen molar-refractivity contribution in [1.29, 1.82) is 0 Å². The number of amides is 1. The summed E-state index contributed by atoms with van der Waals surface area (Å²) in [4.78, 5) is 16.6. The molecule has 3 rings (SSSR count). The van der Waals surface area contributed by atoms with E-state index in [2.05, 4.69) is 10.3 Å². The van der Waals surface area contributed by atoms with Gasteiger partial charge in [-0.15, -0.1) is 0 Å². The van der Waals surface area contributed by atoms with Crippen LogP contribution in [0, 0.1) is 12.8 Å². The normalized spacial score (nSPS) is 15.7. The summed E-state index contributed by atoms with van der Waals surface area (Å²) in [7, 11) is 0. The molecule has 0 aromatic carbocycles. The zero-order chi connectivity index (χ0) is 14.8. The van der Waals surface area contributed by atoms with Gasteiger partial charge in [0.05, 0.1) is 17.5 Å². The SMILES string of the molecule is Cc1nc(-c2ccco2)ccc1C(=O)NCC(N)C1CC1. The molecule has 1 atom stereocenters. The van der Waals surface area contributed by atoms with Crippen LogP contribution in [0.1, 0.15) is 28.9 Å². The minimum Gasteiger partial charge on any atom is -0.463 e. The van der Waals surface area contributed by atoms with E-state index in [4.69, 9.17) is 10.2 Å². The van der Waals surface area contributed by atoms with Gasteiger partial charge < -0.3 is 15.5 Å². The van der Waals surface area contributed by atoms with Gasteiger partial charge in [-0.3, -0.25) is 4.79 Å². The van der Waals surface area contributed by atoms with Gasteiger partial charge in [0.2, 0.25) is 0 Å². The third kappa shape index (κ3) is 3.13. The Kier molecular flexibility index (Phi) is 3.75. The molecule has 5 heteroatoms. The van der Waals surface area contributed by atoms with Gasteiger partial charge >= 0.3 is 0 Å². The molecule has 5 nitrogen and oxygen atoms in total. The molecule has 2 heterocycles. The first-order valence-corrected chi connectivity index (χ1v) is 7.20. The summed E-state index contributed by atoms with van der Waals surface area (Å²) in [5.41, 5.74) is 7.97. The molecule has 0 saturated heterocycles. The van der Waals surface area contributed by atoms with E-state index in [0.29, 0.717) is 29.5 Å². The van der Waals surface area contributed by atoms with Crippen LogP contribution in [0.2, 0.25) is 0 Å². The molecule has 0 spiro atoms. The zero-order valence-corrected chi connectivity index (χ0v) is 12.0. The van der Waals surface area contributed by atoms with Gasteiger partial charge in [-0.1, -0.05) is 0 Å². The number of nitrogens with one attached hydrogen (secondary N) is 1. The van der Waals surface area contributed by atoms with Gasteiger partial charge in [0.1, 0.15) is 5.69 Å². The topological polar surface area (TPSA) is 81.2 Å². The predicted molar refractivity (Wildman–Crippen MR) is 79.7 cm³/mol. The molecule has 0 radical (unpaired) electrons. The van der Waals surface area contributed by atoms with Crippen molar-refractivity contribution in [3.05, 3.63) is 41.8 Å². The number of carbonyl (C=O) groups excluding carboxylic acids is 1. The van der Waals surface area contributed by atoms with Gasteiger partial charge in [-0.05, 0) is 49.9 Å². The first-order valence-electron chi connectivity index (χ1n) is 7.20. The van der Waals surface area contributed by atoms with Gasteiger partial charge in [0.25, 0.3) is 5.91 Å². The maximum absolute atomic E-state index is 12.2. The molecule has 0 bridgehead atoms. The fourth-order valence-corrected chi connectivity index (χ4v) is 2.36. The highest BCUT2D eigenvalue weighted by Gasteiger charge is 2.28. The van der Waals surface area contributed by atoms with Crippen LogP contribution in [-0.4, -0.2) is 23.5 Å². The third-order valence-corrected chi connectivity index (χ3v) is 3.83. The average molecular weight is 285 g/mol. The summed E-state index contributed by atoms with van der Waals surface area (Å²) in [6, 6.07) is 7.28. The molecule has 1 amide bonds. The second-order valence-electron chi connectivity index (χ2n) is 5.52. The van der Waals surface area contributed by atoms with Crippen molar-refractivity contribution < 1.29 is 9.21 Å². The number of carbonyl (C=O) groups is 1. The number of nitrogens with zero attached hydrogens (tertiary/aromatic N) is 1. The second-order valence-corrected chi connectivity index (χ2v) is 5.52. The van der Waals surface area contributed by atoms with Crippen molar-refractivity contribution in [2.24, 2.45) is 11.7 Å². The van der Waals surface area contributed by atoms with Crippen LogP contribution in [0.15, 0.2) is 34.9 Å². The van der Waals surface area contributed by atoms with Crippen molar-refractivity contribution in [3.63, 3.8) is 0 Å². The summed E-state index contributed by atoms with van der Waals surface area (Å²) in [5, 5.41) is 2.89. The summed E-state index contributed by atoms with van der Waals surface area (Å²) in [6.07, 6.45) is 3.96. The van der Waals surface area contributed by atoms with Crippen molar-refractivity contribution >= 4 is 5.91 Å². The molecule has 1 saturated carbocycles. The highest BCUT2D eigenvalue weighted by atomic mass is 16.3. The first-order chi connectivity index (χ1) is 10.1. The second kappa shape index (κ2) is 5.69. The zero-order valence-electron chi connectivity index (χ0n) is 12.0. The molecule has 1 aliphatic rings. The van der Waals surface area contributed by atoms with Gasteiger partial charge in [0.15, 0.2) is 5.76 Å². The monoisotopic (exact) mass is 285 g/mol. The fourth-order valence-electron chi connectivity index (χ4n) is 2.36. The number of pyridine rings is 1. The molecule has 2 aromatic heterocycles. The lowest BCUT2D eigenvalue weighted by molar-refractivity contribution is 0.0949. The predicted octanol–water partition coefficient (Wildman–Crippen LogP) is 2.12. The Labute approximate surface area is 123 Å². The van der Waals surface area contributed by atoms with Crippen LogP contribution in [0.4, 0.5) is 0 Å².